The molecule has 4 aromatic rings. The van der Waals surface area contributed by atoms with Crippen LogP contribution < -0.4 is 0 Å². The Morgan fingerprint density at radius 3 is 1.32 bits per heavy atom. The average Bonchev–Trinajstić information content (AvgIpc) is 3.39. The first-order valence-electron chi connectivity index (χ1n) is 12.0. The highest BCUT2D eigenvalue weighted by Crippen LogP contribution is 2.17. The number of benzene rings is 2. The lowest BCUT2D eigenvalue weighted by atomic mass is 10.1. The Morgan fingerprint density at radius 2 is 0.941 bits per heavy atom. The van der Waals surface area contributed by atoms with Crippen LogP contribution >= 0.6 is 24.4 Å². The predicted molar refractivity (Wildman–Crippen MR) is 142 cm³/mol. The Balaban J connectivity index is 1.20. The quantitative estimate of drug-likeness (QED) is 0.176. The Bertz CT molecular complexity index is 1210. The molecule has 0 saturated carbocycles. The van der Waals surface area contributed by atoms with Crippen molar-refractivity contribution in [3.8, 4) is 11.4 Å². The first kappa shape index (κ1) is 24.3. The molecule has 178 valence electrons. The standard InChI is InChI=1S/C26H32N6S2/c1-19-11-15-21(16-12-19)31-23(27-29-25(31)33)9-7-5-3-4-6-8-10-24-28-30-26(34)32(24)22-17-13-20(2)14-18-22/h11-18H,3-10H2,1-2H3,(H,29,33)(H,30,34). The van der Waals surface area contributed by atoms with E-state index in [1.165, 1.54) is 36.8 Å². The van der Waals surface area contributed by atoms with Gasteiger partial charge in [0.05, 0.1) is 0 Å². The van der Waals surface area contributed by atoms with Crippen molar-refractivity contribution in [2.75, 3.05) is 0 Å². The number of aryl methyl sites for hydroxylation is 4. The molecule has 6 nitrogen and oxygen atoms in total. The average molecular weight is 493 g/mol. The molecule has 2 N–H and O–H groups in total. The van der Waals surface area contributed by atoms with E-state index in [2.05, 4.69) is 91.9 Å². The minimum absolute atomic E-state index is 0.655. The highest BCUT2D eigenvalue weighted by atomic mass is 32.1. The van der Waals surface area contributed by atoms with Gasteiger partial charge in [-0.1, -0.05) is 61.1 Å². The third-order valence-electron chi connectivity index (χ3n) is 6.12. The number of aromatic nitrogens is 6. The zero-order valence-electron chi connectivity index (χ0n) is 19.9. The predicted octanol–water partition coefficient (Wildman–Crippen LogP) is 6.92. The third-order valence-corrected chi connectivity index (χ3v) is 6.67. The van der Waals surface area contributed by atoms with Crippen LogP contribution in [0.15, 0.2) is 48.5 Å². The molecule has 0 saturated heterocycles. The van der Waals surface area contributed by atoms with E-state index in [9.17, 15) is 0 Å². The number of hydrogen-bond acceptors (Lipinski definition) is 4. The summed E-state index contributed by atoms with van der Waals surface area (Å²) in [6.45, 7) is 4.18. The number of H-pyrrole nitrogens is 2. The summed E-state index contributed by atoms with van der Waals surface area (Å²) in [6.07, 6.45) is 8.89. The molecule has 0 amide bonds. The minimum atomic E-state index is 0.655. The van der Waals surface area contributed by atoms with Crippen molar-refractivity contribution < 1.29 is 0 Å². The van der Waals surface area contributed by atoms with Crippen LogP contribution in [0.25, 0.3) is 11.4 Å². The van der Waals surface area contributed by atoms with Crippen LogP contribution in [0.2, 0.25) is 0 Å². The normalized spacial score (nSPS) is 11.2. The minimum Gasteiger partial charge on any atom is -0.272 e. The van der Waals surface area contributed by atoms with Gasteiger partial charge in [-0.2, -0.15) is 10.2 Å². The van der Waals surface area contributed by atoms with E-state index in [0.29, 0.717) is 9.54 Å². The molecule has 0 atom stereocenters. The molecule has 0 spiro atoms. The van der Waals surface area contributed by atoms with Crippen LogP contribution in [-0.2, 0) is 12.8 Å². The molecule has 0 aliphatic carbocycles. The van der Waals surface area contributed by atoms with E-state index in [0.717, 1.165) is 48.7 Å². The van der Waals surface area contributed by atoms with E-state index in [4.69, 9.17) is 24.4 Å². The van der Waals surface area contributed by atoms with Gasteiger partial charge in [0, 0.05) is 24.2 Å². The summed E-state index contributed by atoms with van der Waals surface area (Å²) < 4.78 is 5.41. The third kappa shape index (κ3) is 5.98. The van der Waals surface area contributed by atoms with Crippen molar-refractivity contribution in [3.05, 3.63) is 80.8 Å². The Hall–Kier alpha value is -2.84. The summed E-state index contributed by atoms with van der Waals surface area (Å²) in [4.78, 5) is 0. The molecule has 34 heavy (non-hydrogen) atoms. The van der Waals surface area contributed by atoms with Gasteiger partial charge in [-0.05, 0) is 75.4 Å². The summed E-state index contributed by atoms with van der Waals surface area (Å²) in [5, 5.41) is 14.8. The zero-order chi connectivity index (χ0) is 23.9. The largest absolute Gasteiger partial charge is 0.272 e. The number of nitrogens with zero attached hydrogens (tertiary/aromatic N) is 4. The Kier molecular flexibility index (Phi) is 8.24. The maximum Gasteiger partial charge on any atom is 0.199 e. The zero-order valence-corrected chi connectivity index (χ0v) is 21.5. The van der Waals surface area contributed by atoms with Crippen LogP contribution in [0.3, 0.4) is 0 Å². The first-order valence-corrected chi connectivity index (χ1v) is 12.8. The summed E-state index contributed by atoms with van der Waals surface area (Å²) in [7, 11) is 0. The molecular weight excluding hydrogens is 460 g/mol. The number of aromatic amines is 2. The van der Waals surface area contributed by atoms with Gasteiger partial charge in [0.1, 0.15) is 11.6 Å². The summed E-state index contributed by atoms with van der Waals surface area (Å²) in [6, 6.07) is 16.8. The fourth-order valence-electron chi connectivity index (χ4n) is 4.19. The molecule has 2 heterocycles. The fraction of sp³-hybridized carbons (Fsp3) is 0.385. The van der Waals surface area contributed by atoms with Crippen molar-refractivity contribution in [2.24, 2.45) is 0 Å². The fourth-order valence-corrected chi connectivity index (χ4v) is 4.70. The number of rotatable bonds is 11. The molecule has 2 aromatic carbocycles. The lowest BCUT2D eigenvalue weighted by Gasteiger charge is -2.08. The highest BCUT2D eigenvalue weighted by molar-refractivity contribution is 7.71. The van der Waals surface area contributed by atoms with Gasteiger partial charge in [-0.3, -0.25) is 19.3 Å². The lowest BCUT2D eigenvalue weighted by molar-refractivity contribution is 0.580. The van der Waals surface area contributed by atoms with Crippen LogP contribution in [0.4, 0.5) is 0 Å². The second kappa shape index (κ2) is 11.5. The molecule has 2 aromatic heterocycles. The van der Waals surface area contributed by atoms with E-state index in [1.54, 1.807) is 0 Å². The van der Waals surface area contributed by atoms with Crippen LogP contribution in [0.5, 0.6) is 0 Å². The van der Waals surface area contributed by atoms with Gasteiger partial charge in [0.15, 0.2) is 9.54 Å². The Labute approximate surface area is 211 Å². The molecule has 0 aliphatic heterocycles. The summed E-state index contributed by atoms with van der Waals surface area (Å²) in [5.74, 6) is 2.01. The molecule has 0 unspecified atom stereocenters. The van der Waals surface area contributed by atoms with Crippen LogP contribution in [0.1, 0.15) is 61.3 Å². The van der Waals surface area contributed by atoms with Gasteiger partial charge < -0.3 is 0 Å². The number of hydrogen-bond donors (Lipinski definition) is 2. The van der Waals surface area contributed by atoms with Gasteiger partial charge in [0.25, 0.3) is 0 Å². The maximum absolute atomic E-state index is 5.45. The molecular formula is C26H32N6S2. The van der Waals surface area contributed by atoms with Crippen LogP contribution in [-0.4, -0.2) is 29.5 Å². The van der Waals surface area contributed by atoms with E-state index in [-0.39, 0.29) is 0 Å². The van der Waals surface area contributed by atoms with Crippen molar-refractivity contribution in [2.45, 2.75) is 65.2 Å². The SMILES string of the molecule is Cc1ccc(-n2c(CCCCCCCCc3n[nH]c(=S)n3-c3ccc(C)cc3)n[nH]c2=S)cc1. The van der Waals surface area contributed by atoms with Gasteiger partial charge in [0.2, 0.25) is 0 Å². The monoisotopic (exact) mass is 492 g/mol. The smallest absolute Gasteiger partial charge is 0.199 e. The number of unbranched alkanes of at least 4 members (excludes halogenated alkanes) is 5. The van der Waals surface area contributed by atoms with Gasteiger partial charge in [-0.15, -0.1) is 0 Å². The van der Waals surface area contributed by atoms with Crippen LogP contribution in [0, 0.1) is 23.4 Å². The van der Waals surface area contributed by atoms with E-state index < -0.39 is 0 Å². The lowest BCUT2D eigenvalue weighted by Crippen LogP contribution is -2.02. The second-order valence-electron chi connectivity index (χ2n) is 8.85. The topological polar surface area (TPSA) is 67.2 Å². The molecule has 4 rings (SSSR count). The first-order chi connectivity index (χ1) is 16.5. The molecule has 0 radical (unpaired) electrons. The van der Waals surface area contributed by atoms with Crippen molar-refractivity contribution in [3.63, 3.8) is 0 Å². The van der Waals surface area contributed by atoms with Crippen molar-refractivity contribution in [1.82, 2.24) is 29.5 Å². The van der Waals surface area contributed by atoms with Gasteiger partial charge in [-0.25, -0.2) is 0 Å². The molecule has 0 aliphatic rings. The molecule has 0 bridgehead atoms. The van der Waals surface area contributed by atoms with Crippen molar-refractivity contribution in [1.29, 1.82) is 0 Å². The number of nitrogens with one attached hydrogen (secondary N) is 2. The summed E-state index contributed by atoms with van der Waals surface area (Å²) >= 11 is 10.9. The van der Waals surface area contributed by atoms with E-state index in [1.807, 2.05) is 0 Å². The Morgan fingerprint density at radius 1 is 0.588 bits per heavy atom. The van der Waals surface area contributed by atoms with Gasteiger partial charge >= 0.3 is 0 Å². The summed E-state index contributed by atoms with van der Waals surface area (Å²) in [5.41, 5.74) is 4.62. The molecule has 8 heteroatoms. The highest BCUT2D eigenvalue weighted by Gasteiger charge is 2.09. The maximum atomic E-state index is 5.45. The molecule has 0 fully saturated rings. The van der Waals surface area contributed by atoms with E-state index >= 15 is 0 Å². The second-order valence-corrected chi connectivity index (χ2v) is 9.63. The van der Waals surface area contributed by atoms with Crippen molar-refractivity contribution >= 4 is 24.4 Å².